The summed E-state index contributed by atoms with van der Waals surface area (Å²) >= 11 is 6.07. The number of nitrogen functional groups attached to an aromatic ring is 1. The Balaban J connectivity index is 0.000000349. The number of anilines is 1. The molecule has 1 aliphatic rings. The molecule has 182 valence electrons. The first-order chi connectivity index (χ1) is 15.6. The van der Waals surface area contributed by atoms with Crippen LogP contribution in [0.25, 0.3) is 0 Å². The summed E-state index contributed by atoms with van der Waals surface area (Å²) in [5.41, 5.74) is 10.5. The SMILES string of the molecule is CC(C)OC(=O)N1CCCc2c(ccc(Cl)c2N)CC1.CCC.Cc1ccc(C(=O)O)cc1. The first kappa shape index (κ1) is 28.3. The van der Waals surface area contributed by atoms with Crippen LogP contribution in [0.2, 0.25) is 5.02 Å². The van der Waals surface area contributed by atoms with Gasteiger partial charge in [0.1, 0.15) is 0 Å². The number of hydrogen-bond acceptors (Lipinski definition) is 4. The van der Waals surface area contributed by atoms with Gasteiger partial charge in [-0.1, -0.05) is 55.6 Å². The molecule has 1 amide bonds. The third kappa shape index (κ3) is 9.74. The summed E-state index contributed by atoms with van der Waals surface area (Å²) in [5, 5.41) is 9.09. The predicted octanol–water partition coefficient (Wildman–Crippen LogP) is 6.37. The molecule has 1 heterocycles. The maximum absolute atomic E-state index is 12.0. The van der Waals surface area contributed by atoms with Gasteiger partial charge >= 0.3 is 12.1 Å². The van der Waals surface area contributed by atoms with Crippen LogP contribution in [0.1, 0.15) is 67.6 Å². The maximum atomic E-state index is 12.0. The smallest absolute Gasteiger partial charge is 0.410 e. The van der Waals surface area contributed by atoms with Crippen molar-refractivity contribution in [3.63, 3.8) is 0 Å². The molecular weight excluding hydrogens is 440 g/mol. The van der Waals surface area contributed by atoms with Crippen molar-refractivity contribution >= 4 is 29.4 Å². The Kier molecular flexibility index (Phi) is 12.4. The highest BCUT2D eigenvalue weighted by molar-refractivity contribution is 6.33. The average Bonchev–Trinajstić information content (AvgIpc) is 2.72. The highest BCUT2D eigenvalue weighted by atomic mass is 35.5. The molecule has 0 aromatic heterocycles. The molecule has 0 aliphatic carbocycles. The van der Waals surface area contributed by atoms with Gasteiger partial charge in [0.05, 0.1) is 22.4 Å². The minimum absolute atomic E-state index is 0.0883. The van der Waals surface area contributed by atoms with Crippen molar-refractivity contribution in [1.29, 1.82) is 0 Å². The number of hydrogen-bond donors (Lipinski definition) is 2. The van der Waals surface area contributed by atoms with Gasteiger partial charge in [-0.2, -0.15) is 0 Å². The number of aryl methyl sites for hydroxylation is 1. The molecule has 0 saturated carbocycles. The van der Waals surface area contributed by atoms with E-state index in [1.165, 1.54) is 12.0 Å². The molecular formula is C26H37ClN2O4. The van der Waals surface area contributed by atoms with E-state index in [0.29, 0.717) is 29.4 Å². The van der Waals surface area contributed by atoms with Gasteiger partial charge in [0.15, 0.2) is 0 Å². The molecule has 0 spiro atoms. The number of halogens is 1. The molecule has 3 N–H and O–H groups in total. The first-order valence-electron chi connectivity index (χ1n) is 11.4. The van der Waals surface area contributed by atoms with Gasteiger partial charge in [0.2, 0.25) is 0 Å². The fraction of sp³-hybridized carbons (Fsp3) is 0.462. The van der Waals surface area contributed by atoms with Gasteiger partial charge in [-0.15, -0.1) is 0 Å². The molecule has 2 aromatic carbocycles. The fourth-order valence-corrected chi connectivity index (χ4v) is 3.36. The predicted molar refractivity (Wildman–Crippen MR) is 135 cm³/mol. The molecule has 0 atom stereocenters. The Morgan fingerprint density at radius 3 is 2.24 bits per heavy atom. The van der Waals surface area contributed by atoms with Crippen LogP contribution in [0, 0.1) is 6.92 Å². The van der Waals surface area contributed by atoms with Crippen LogP contribution in [0.4, 0.5) is 10.5 Å². The highest BCUT2D eigenvalue weighted by Crippen LogP contribution is 2.29. The number of carboxylic acid groups (broad SMARTS) is 1. The van der Waals surface area contributed by atoms with E-state index in [9.17, 15) is 9.59 Å². The zero-order valence-electron chi connectivity index (χ0n) is 20.4. The minimum Gasteiger partial charge on any atom is -0.478 e. The molecule has 0 bridgehead atoms. The Hall–Kier alpha value is -2.73. The zero-order chi connectivity index (χ0) is 25.0. The van der Waals surface area contributed by atoms with Crippen molar-refractivity contribution in [3.8, 4) is 0 Å². The lowest BCUT2D eigenvalue weighted by Gasteiger charge is -2.26. The number of benzene rings is 2. The van der Waals surface area contributed by atoms with Crippen molar-refractivity contribution in [1.82, 2.24) is 4.90 Å². The molecule has 2 aromatic rings. The standard InChI is InChI=1S/C15H21ClN2O2.C8H8O2.C3H8/c1-10(2)20-15(19)18-8-3-4-12-11(7-9-18)5-6-13(16)14(12)17;1-6-2-4-7(5-3-6)8(9)10;1-3-2/h5-6,10H,3-4,7-9,17H2,1-2H3;2-5H,1H3,(H,9,10);3H2,1-2H3. The molecule has 7 heteroatoms. The van der Waals surface area contributed by atoms with Crippen LogP contribution in [-0.4, -0.2) is 41.3 Å². The summed E-state index contributed by atoms with van der Waals surface area (Å²) in [6.45, 7) is 11.2. The lowest BCUT2D eigenvalue weighted by Crippen LogP contribution is -2.37. The highest BCUT2D eigenvalue weighted by Gasteiger charge is 2.20. The van der Waals surface area contributed by atoms with E-state index in [1.807, 2.05) is 32.9 Å². The number of fused-ring (bicyclic) bond motifs is 1. The van der Waals surface area contributed by atoms with Crippen molar-refractivity contribution in [2.24, 2.45) is 0 Å². The summed E-state index contributed by atoms with van der Waals surface area (Å²) in [6, 6.07) is 10.6. The van der Waals surface area contributed by atoms with Crippen molar-refractivity contribution in [2.45, 2.75) is 66.4 Å². The molecule has 1 aliphatic heterocycles. The van der Waals surface area contributed by atoms with E-state index < -0.39 is 5.97 Å². The molecule has 6 nitrogen and oxygen atoms in total. The number of carbonyl (C=O) groups is 2. The quantitative estimate of drug-likeness (QED) is 0.491. The van der Waals surface area contributed by atoms with E-state index in [2.05, 4.69) is 13.8 Å². The summed E-state index contributed by atoms with van der Waals surface area (Å²) in [4.78, 5) is 24.0. The molecule has 0 fully saturated rings. The van der Waals surface area contributed by atoms with Crippen molar-refractivity contribution in [3.05, 3.63) is 63.7 Å². The number of nitrogens with two attached hydrogens (primary N) is 1. The van der Waals surface area contributed by atoms with Gasteiger partial charge in [-0.25, -0.2) is 9.59 Å². The van der Waals surface area contributed by atoms with Crippen LogP contribution in [0.5, 0.6) is 0 Å². The van der Waals surface area contributed by atoms with Gasteiger partial charge in [-0.3, -0.25) is 0 Å². The molecule has 0 radical (unpaired) electrons. The number of carbonyl (C=O) groups excluding carboxylic acids is 1. The van der Waals surface area contributed by atoms with E-state index in [1.54, 1.807) is 29.2 Å². The number of rotatable bonds is 2. The van der Waals surface area contributed by atoms with Gasteiger partial charge in [0, 0.05) is 13.1 Å². The summed E-state index contributed by atoms with van der Waals surface area (Å²) in [7, 11) is 0. The number of nitrogens with zero attached hydrogens (tertiary/aromatic N) is 1. The Morgan fingerprint density at radius 2 is 1.70 bits per heavy atom. The third-order valence-electron chi connectivity index (χ3n) is 4.80. The number of carboxylic acids is 1. The Morgan fingerprint density at radius 1 is 1.09 bits per heavy atom. The van der Waals surface area contributed by atoms with Crippen LogP contribution < -0.4 is 5.73 Å². The second kappa shape index (κ2) is 14.4. The largest absolute Gasteiger partial charge is 0.478 e. The Bertz CT molecular complexity index is 898. The van der Waals surface area contributed by atoms with Gasteiger partial charge in [0.25, 0.3) is 0 Å². The van der Waals surface area contributed by atoms with Gasteiger partial charge < -0.3 is 20.5 Å². The topological polar surface area (TPSA) is 92.9 Å². The second-order valence-corrected chi connectivity index (χ2v) is 8.66. The van der Waals surface area contributed by atoms with E-state index in [0.717, 1.165) is 30.4 Å². The second-order valence-electron chi connectivity index (χ2n) is 8.25. The number of ether oxygens (including phenoxy) is 1. The summed E-state index contributed by atoms with van der Waals surface area (Å²) in [5.74, 6) is -0.875. The van der Waals surface area contributed by atoms with Crippen LogP contribution in [0.15, 0.2) is 36.4 Å². The van der Waals surface area contributed by atoms with Crippen LogP contribution in [-0.2, 0) is 17.6 Å². The molecule has 33 heavy (non-hydrogen) atoms. The lowest BCUT2D eigenvalue weighted by molar-refractivity contribution is 0.0695. The van der Waals surface area contributed by atoms with E-state index in [4.69, 9.17) is 27.2 Å². The normalized spacial score (nSPS) is 12.8. The van der Waals surface area contributed by atoms with E-state index >= 15 is 0 Å². The minimum atomic E-state index is -0.875. The maximum Gasteiger partial charge on any atom is 0.410 e. The summed E-state index contributed by atoms with van der Waals surface area (Å²) in [6.07, 6.45) is 3.42. The molecule has 3 rings (SSSR count). The van der Waals surface area contributed by atoms with Crippen LogP contribution >= 0.6 is 11.6 Å². The first-order valence-corrected chi connectivity index (χ1v) is 11.8. The monoisotopic (exact) mass is 476 g/mol. The Labute approximate surface area is 202 Å². The summed E-state index contributed by atoms with van der Waals surface area (Å²) < 4.78 is 5.26. The third-order valence-corrected chi connectivity index (χ3v) is 5.13. The molecule has 0 saturated heterocycles. The molecule has 0 unspecified atom stereocenters. The van der Waals surface area contributed by atoms with Crippen LogP contribution in [0.3, 0.4) is 0 Å². The van der Waals surface area contributed by atoms with Crippen molar-refractivity contribution in [2.75, 3.05) is 18.8 Å². The average molecular weight is 477 g/mol. The van der Waals surface area contributed by atoms with Gasteiger partial charge in [-0.05, 0) is 69.4 Å². The zero-order valence-corrected chi connectivity index (χ0v) is 21.1. The van der Waals surface area contributed by atoms with Crippen molar-refractivity contribution < 1.29 is 19.4 Å². The van der Waals surface area contributed by atoms with E-state index in [-0.39, 0.29) is 12.2 Å². The number of amides is 1. The fourth-order valence-electron chi connectivity index (χ4n) is 3.18. The number of aromatic carboxylic acids is 1. The lowest BCUT2D eigenvalue weighted by atomic mass is 9.96.